The van der Waals surface area contributed by atoms with Crippen LogP contribution in [0.3, 0.4) is 0 Å². The maximum Gasteiger partial charge on any atom is 0.184 e. The Morgan fingerprint density at radius 2 is 2.32 bits per heavy atom. The van der Waals surface area contributed by atoms with Gasteiger partial charge in [-0.2, -0.15) is 0 Å². The molecule has 0 aliphatic carbocycles. The lowest BCUT2D eigenvalue weighted by Crippen LogP contribution is -2.08. The minimum Gasteiger partial charge on any atom is -0.399 e. The third-order valence-corrected chi connectivity index (χ3v) is 4.71. The fourth-order valence-corrected chi connectivity index (χ4v) is 3.64. The van der Waals surface area contributed by atoms with Crippen LogP contribution < -0.4 is 11.1 Å². The summed E-state index contributed by atoms with van der Waals surface area (Å²) in [7, 11) is 0. The van der Waals surface area contributed by atoms with Crippen LogP contribution in [0.1, 0.15) is 24.4 Å². The number of anilines is 2. The van der Waals surface area contributed by atoms with Crippen LogP contribution in [-0.4, -0.2) is 9.97 Å². The van der Waals surface area contributed by atoms with Gasteiger partial charge in [0.1, 0.15) is 5.01 Å². The third-order valence-electron chi connectivity index (χ3n) is 2.87. The molecule has 98 valence electrons. The highest BCUT2D eigenvalue weighted by Crippen LogP contribution is 2.31. The van der Waals surface area contributed by atoms with Gasteiger partial charge in [0.15, 0.2) is 5.13 Å². The van der Waals surface area contributed by atoms with Gasteiger partial charge in [0.05, 0.1) is 16.3 Å². The Kier molecular flexibility index (Phi) is 3.35. The van der Waals surface area contributed by atoms with Crippen LogP contribution in [0.4, 0.5) is 10.8 Å². The van der Waals surface area contributed by atoms with Crippen molar-refractivity contribution in [3.8, 4) is 0 Å². The molecular formula is C13H14N4S2. The molecule has 6 heteroatoms. The SMILES string of the molecule is CCC(Nc1nc2ccc(N)cc2s1)c1nccs1. The average Bonchev–Trinajstić information content (AvgIpc) is 3.04. The summed E-state index contributed by atoms with van der Waals surface area (Å²) in [4.78, 5) is 8.94. The van der Waals surface area contributed by atoms with Crippen LogP contribution in [-0.2, 0) is 0 Å². The number of benzene rings is 1. The van der Waals surface area contributed by atoms with Gasteiger partial charge in [-0.1, -0.05) is 18.3 Å². The van der Waals surface area contributed by atoms with E-state index in [9.17, 15) is 0 Å². The molecule has 0 saturated carbocycles. The summed E-state index contributed by atoms with van der Waals surface area (Å²) in [5.74, 6) is 0. The smallest absolute Gasteiger partial charge is 0.184 e. The lowest BCUT2D eigenvalue weighted by molar-refractivity contribution is 0.741. The lowest BCUT2D eigenvalue weighted by Gasteiger charge is -2.12. The molecule has 0 aliphatic rings. The largest absolute Gasteiger partial charge is 0.399 e. The van der Waals surface area contributed by atoms with Crippen LogP contribution in [0, 0.1) is 0 Å². The van der Waals surface area contributed by atoms with E-state index in [1.54, 1.807) is 22.7 Å². The van der Waals surface area contributed by atoms with E-state index in [1.807, 2.05) is 29.8 Å². The quantitative estimate of drug-likeness (QED) is 0.715. The number of hydrogen-bond acceptors (Lipinski definition) is 6. The highest BCUT2D eigenvalue weighted by atomic mass is 32.1. The molecule has 0 amide bonds. The van der Waals surface area contributed by atoms with E-state index < -0.39 is 0 Å². The average molecular weight is 290 g/mol. The van der Waals surface area contributed by atoms with E-state index in [0.717, 1.165) is 32.5 Å². The van der Waals surface area contributed by atoms with E-state index in [2.05, 4.69) is 22.2 Å². The number of nitrogen functional groups attached to an aromatic ring is 1. The molecule has 3 N–H and O–H groups in total. The van der Waals surface area contributed by atoms with Crippen molar-refractivity contribution in [1.82, 2.24) is 9.97 Å². The molecule has 4 nitrogen and oxygen atoms in total. The Balaban J connectivity index is 1.88. The van der Waals surface area contributed by atoms with Crippen molar-refractivity contribution < 1.29 is 0 Å². The summed E-state index contributed by atoms with van der Waals surface area (Å²) < 4.78 is 1.11. The third kappa shape index (κ3) is 2.54. The maximum absolute atomic E-state index is 5.79. The molecule has 0 fully saturated rings. The Morgan fingerprint density at radius 1 is 1.42 bits per heavy atom. The number of thiazole rings is 2. The fourth-order valence-electron chi connectivity index (χ4n) is 1.90. The molecule has 1 aromatic carbocycles. The molecule has 0 spiro atoms. The molecule has 0 saturated heterocycles. The molecule has 0 aliphatic heterocycles. The molecule has 2 heterocycles. The normalized spacial score (nSPS) is 12.7. The summed E-state index contributed by atoms with van der Waals surface area (Å²) >= 11 is 3.29. The molecule has 19 heavy (non-hydrogen) atoms. The Hall–Kier alpha value is -1.66. The maximum atomic E-state index is 5.79. The second-order valence-electron chi connectivity index (χ2n) is 4.22. The molecule has 3 aromatic rings. The number of fused-ring (bicyclic) bond motifs is 1. The van der Waals surface area contributed by atoms with Crippen molar-refractivity contribution in [2.24, 2.45) is 0 Å². The zero-order valence-corrected chi connectivity index (χ0v) is 12.1. The monoisotopic (exact) mass is 290 g/mol. The number of aromatic nitrogens is 2. The van der Waals surface area contributed by atoms with Crippen molar-refractivity contribution in [2.45, 2.75) is 19.4 Å². The van der Waals surface area contributed by atoms with Gasteiger partial charge in [-0.15, -0.1) is 11.3 Å². The molecular weight excluding hydrogens is 276 g/mol. The Morgan fingerprint density at radius 3 is 3.05 bits per heavy atom. The first-order chi connectivity index (χ1) is 9.26. The first-order valence-electron chi connectivity index (χ1n) is 6.08. The van der Waals surface area contributed by atoms with Crippen LogP contribution >= 0.6 is 22.7 Å². The fraction of sp³-hybridized carbons (Fsp3) is 0.231. The predicted molar refractivity (Wildman–Crippen MR) is 82.8 cm³/mol. The summed E-state index contributed by atoms with van der Waals surface area (Å²) in [6.45, 7) is 2.14. The molecule has 1 unspecified atom stereocenters. The summed E-state index contributed by atoms with van der Waals surface area (Å²) in [6, 6.07) is 6.02. The van der Waals surface area contributed by atoms with Crippen molar-refractivity contribution in [2.75, 3.05) is 11.1 Å². The minimum absolute atomic E-state index is 0.220. The summed E-state index contributed by atoms with van der Waals surface area (Å²) in [6.07, 6.45) is 2.81. The second kappa shape index (κ2) is 5.14. The molecule has 2 aromatic heterocycles. The summed E-state index contributed by atoms with van der Waals surface area (Å²) in [5, 5.41) is 7.47. The van der Waals surface area contributed by atoms with Gasteiger partial charge in [0.2, 0.25) is 0 Å². The van der Waals surface area contributed by atoms with E-state index in [1.165, 1.54) is 0 Å². The van der Waals surface area contributed by atoms with Crippen molar-refractivity contribution in [3.05, 3.63) is 34.8 Å². The van der Waals surface area contributed by atoms with Gasteiger partial charge in [0.25, 0.3) is 0 Å². The first kappa shape index (κ1) is 12.4. The number of nitrogens with one attached hydrogen (secondary N) is 1. The number of nitrogens with two attached hydrogens (primary N) is 1. The zero-order valence-electron chi connectivity index (χ0n) is 10.5. The first-order valence-corrected chi connectivity index (χ1v) is 7.78. The van der Waals surface area contributed by atoms with Gasteiger partial charge >= 0.3 is 0 Å². The predicted octanol–water partition coefficient (Wildman–Crippen LogP) is 3.90. The van der Waals surface area contributed by atoms with Gasteiger partial charge in [0, 0.05) is 17.3 Å². The Labute approximate surface area is 119 Å². The van der Waals surface area contributed by atoms with Crippen molar-refractivity contribution in [1.29, 1.82) is 0 Å². The molecule has 3 rings (SSSR count). The van der Waals surface area contributed by atoms with Gasteiger partial charge < -0.3 is 11.1 Å². The lowest BCUT2D eigenvalue weighted by atomic mass is 10.2. The van der Waals surface area contributed by atoms with E-state index in [4.69, 9.17) is 5.73 Å². The number of hydrogen-bond donors (Lipinski definition) is 2. The van der Waals surface area contributed by atoms with Crippen LogP contribution in [0.25, 0.3) is 10.2 Å². The van der Waals surface area contributed by atoms with Gasteiger partial charge in [-0.25, -0.2) is 9.97 Å². The minimum atomic E-state index is 0.220. The van der Waals surface area contributed by atoms with Crippen molar-refractivity contribution in [3.63, 3.8) is 0 Å². The zero-order chi connectivity index (χ0) is 13.2. The topological polar surface area (TPSA) is 63.8 Å². The molecule has 0 radical (unpaired) electrons. The van der Waals surface area contributed by atoms with Gasteiger partial charge in [-0.3, -0.25) is 0 Å². The summed E-state index contributed by atoms with van der Waals surface area (Å²) in [5.41, 5.74) is 7.54. The van der Waals surface area contributed by atoms with E-state index >= 15 is 0 Å². The number of nitrogens with zero attached hydrogens (tertiary/aromatic N) is 2. The molecule has 0 bridgehead atoms. The van der Waals surface area contributed by atoms with Crippen LogP contribution in [0.15, 0.2) is 29.8 Å². The van der Waals surface area contributed by atoms with E-state index in [0.29, 0.717) is 0 Å². The number of rotatable bonds is 4. The van der Waals surface area contributed by atoms with Gasteiger partial charge in [-0.05, 0) is 24.6 Å². The van der Waals surface area contributed by atoms with Crippen LogP contribution in [0.5, 0.6) is 0 Å². The van der Waals surface area contributed by atoms with Crippen LogP contribution in [0.2, 0.25) is 0 Å². The van der Waals surface area contributed by atoms with Crippen molar-refractivity contribution >= 4 is 43.7 Å². The highest BCUT2D eigenvalue weighted by molar-refractivity contribution is 7.22. The highest BCUT2D eigenvalue weighted by Gasteiger charge is 2.14. The standard InChI is InChI=1S/C13H14N4S2/c1-2-9(12-15-5-6-18-12)16-13-17-10-4-3-8(14)7-11(10)19-13/h3-7,9H,2,14H2,1H3,(H,16,17). The molecule has 1 atom stereocenters. The Bertz CT molecular complexity index is 675. The second-order valence-corrected chi connectivity index (χ2v) is 6.18. The van der Waals surface area contributed by atoms with E-state index in [-0.39, 0.29) is 6.04 Å².